The molecule has 0 fully saturated rings. The summed E-state index contributed by atoms with van der Waals surface area (Å²) in [6, 6.07) is 9.38. The number of nitrogens with zero attached hydrogens (tertiary/aromatic N) is 7. The van der Waals surface area contributed by atoms with Crippen molar-refractivity contribution in [1.29, 1.82) is 0 Å². The number of hydrogen-bond acceptors (Lipinski definition) is 6. The minimum Gasteiger partial charge on any atom is -0.497 e. The van der Waals surface area contributed by atoms with E-state index >= 15 is 0 Å². The van der Waals surface area contributed by atoms with Gasteiger partial charge in [-0.25, -0.2) is 0 Å². The Morgan fingerprint density at radius 3 is 2.97 bits per heavy atom. The van der Waals surface area contributed by atoms with E-state index in [2.05, 4.69) is 20.4 Å². The number of H-pyrrole nitrogens is 1. The van der Waals surface area contributed by atoms with Crippen LogP contribution in [-0.4, -0.2) is 59.2 Å². The van der Waals surface area contributed by atoms with Crippen LogP contribution in [0.4, 0.5) is 0 Å². The topological polar surface area (TPSA) is 107 Å². The van der Waals surface area contributed by atoms with Crippen molar-refractivity contribution in [1.82, 2.24) is 39.6 Å². The third kappa shape index (κ3) is 3.33. The summed E-state index contributed by atoms with van der Waals surface area (Å²) in [5, 5.41) is 20.2. The lowest BCUT2D eigenvalue weighted by molar-refractivity contribution is 0.0727. The van der Waals surface area contributed by atoms with Crippen molar-refractivity contribution < 1.29 is 9.53 Å². The molecular formula is C22H24N8O2. The Labute approximate surface area is 184 Å². The first-order chi connectivity index (χ1) is 15.6. The first-order valence-corrected chi connectivity index (χ1v) is 10.5. The first kappa shape index (κ1) is 20.0. The molecule has 0 radical (unpaired) electrons. The Bertz CT molecular complexity index is 1280. The Balaban J connectivity index is 1.42. The van der Waals surface area contributed by atoms with E-state index in [-0.39, 0.29) is 5.91 Å². The largest absolute Gasteiger partial charge is 0.497 e. The van der Waals surface area contributed by atoms with E-state index in [9.17, 15) is 4.79 Å². The molecule has 4 aromatic rings. The number of carbonyl (C=O) groups is 1. The number of amides is 1. The van der Waals surface area contributed by atoms with Gasteiger partial charge < -0.3 is 14.2 Å². The molecule has 0 unspecified atom stereocenters. The van der Waals surface area contributed by atoms with Gasteiger partial charge in [0.15, 0.2) is 5.82 Å². The summed E-state index contributed by atoms with van der Waals surface area (Å²) in [6.07, 6.45) is 2.43. The van der Waals surface area contributed by atoms with E-state index in [0.717, 1.165) is 47.1 Å². The zero-order valence-corrected chi connectivity index (χ0v) is 18.2. The molecule has 1 aliphatic rings. The second-order valence-electron chi connectivity index (χ2n) is 7.71. The molecule has 5 rings (SSSR count). The van der Waals surface area contributed by atoms with Crippen LogP contribution in [0.5, 0.6) is 5.75 Å². The van der Waals surface area contributed by atoms with Crippen LogP contribution in [0.15, 0.2) is 36.7 Å². The predicted molar refractivity (Wildman–Crippen MR) is 117 cm³/mol. The van der Waals surface area contributed by atoms with Crippen molar-refractivity contribution in [2.45, 2.75) is 26.4 Å². The smallest absolute Gasteiger partial charge is 0.272 e. The van der Waals surface area contributed by atoms with Gasteiger partial charge in [0.2, 0.25) is 0 Å². The number of ether oxygens (including phenoxy) is 1. The maximum atomic E-state index is 13.3. The van der Waals surface area contributed by atoms with Gasteiger partial charge in [-0.1, -0.05) is 12.1 Å². The second kappa shape index (κ2) is 7.95. The molecule has 0 saturated carbocycles. The minimum atomic E-state index is -0.0935. The van der Waals surface area contributed by atoms with Gasteiger partial charge in [-0.15, -0.1) is 10.2 Å². The molecule has 4 heterocycles. The zero-order chi connectivity index (χ0) is 22.2. The SMILES string of the molecule is CCn1cnnc1-c1nn(C)c2c1CN(C(=O)c1cc(-c3cccc(OC)c3)n[nH]1)CC2. The summed E-state index contributed by atoms with van der Waals surface area (Å²) in [6.45, 7) is 3.86. The van der Waals surface area contributed by atoms with Gasteiger partial charge in [-0.3, -0.25) is 14.6 Å². The van der Waals surface area contributed by atoms with E-state index in [4.69, 9.17) is 9.84 Å². The standard InChI is InChI=1S/C22H24N8O2/c1-4-29-13-23-26-21(29)20-16-12-30(9-8-19(16)28(2)27-20)22(31)18-11-17(24-25-18)14-6-5-7-15(10-14)32-3/h5-7,10-11,13H,4,8-9,12H2,1-3H3,(H,24,25). The van der Waals surface area contributed by atoms with Crippen LogP contribution in [0.1, 0.15) is 28.7 Å². The molecule has 1 aromatic carbocycles. The van der Waals surface area contributed by atoms with E-state index < -0.39 is 0 Å². The van der Waals surface area contributed by atoms with Crippen molar-refractivity contribution in [3.63, 3.8) is 0 Å². The number of nitrogens with one attached hydrogen (secondary N) is 1. The fourth-order valence-electron chi connectivity index (χ4n) is 4.15. The van der Waals surface area contributed by atoms with Crippen LogP contribution in [0.2, 0.25) is 0 Å². The lowest BCUT2D eigenvalue weighted by atomic mass is 10.0. The number of methoxy groups -OCH3 is 1. The van der Waals surface area contributed by atoms with Crippen molar-refractivity contribution in [2.24, 2.45) is 7.05 Å². The third-order valence-electron chi connectivity index (χ3n) is 5.87. The van der Waals surface area contributed by atoms with Crippen LogP contribution in [0.25, 0.3) is 22.8 Å². The molecule has 0 bridgehead atoms. The van der Waals surface area contributed by atoms with Gasteiger partial charge in [0, 0.05) is 43.4 Å². The van der Waals surface area contributed by atoms with Crippen LogP contribution >= 0.6 is 0 Å². The summed E-state index contributed by atoms with van der Waals surface area (Å²) in [5.74, 6) is 1.37. The second-order valence-corrected chi connectivity index (χ2v) is 7.71. The first-order valence-electron chi connectivity index (χ1n) is 10.5. The van der Waals surface area contributed by atoms with Gasteiger partial charge in [-0.2, -0.15) is 10.2 Å². The number of benzene rings is 1. The van der Waals surface area contributed by atoms with Gasteiger partial charge >= 0.3 is 0 Å². The zero-order valence-electron chi connectivity index (χ0n) is 18.2. The highest BCUT2D eigenvalue weighted by Gasteiger charge is 2.30. The Morgan fingerprint density at radius 1 is 1.28 bits per heavy atom. The number of aromatic amines is 1. The molecule has 0 aliphatic carbocycles. The summed E-state index contributed by atoms with van der Waals surface area (Å²) in [4.78, 5) is 15.1. The van der Waals surface area contributed by atoms with Crippen molar-refractivity contribution in [3.8, 4) is 28.5 Å². The number of rotatable bonds is 5. The fourth-order valence-corrected chi connectivity index (χ4v) is 4.15. The molecule has 3 aromatic heterocycles. The maximum absolute atomic E-state index is 13.3. The van der Waals surface area contributed by atoms with Crippen LogP contribution < -0.4 is 4.74 Å². The summed E-state index contributed by atoms with van der Waals surface area (Å²) >= 11 is 0. The highest BCUT2D eigenvalue weighted by atomic mass is 16.5. The number of carbonyl (C=O) groups excluding carboxylic acids is 1. The van der Waals surface area contributed by atoms with E-state index in [1.165, 1.54) is 0 Å². The summed E-state index contributed by atoms with van der Waals surface area (Å²) < 4.78 is 9.13. The molecule has 0 atom stereocenters. The molecule has 32 heavy (non-hydrogen) atoms. The number of fused-ring (bicyclic) bond motifs is 1. The van der Waals surface area contributed by atoms with Crippen molar-refractivity contribution in [3.05, 3.63) is 53.6 Å². The molecule has 0 saturated heterocycles. The van der Waals surface area contributed by atoms with E-state index in [0.29, 0.717) is 24.5 Å². The normalized spacial score (nSPS) is 13.3. The highest BCUT2D eigenvalue weighted by molar-refractivity contribution is 5.93. The monoisotopic (exact) mass is 432 g/mol. The Morgan fingerprint density at radius 2 is 2.16 bits per heavy atom. The quantitative estimate of drug-likeness (QED) is 0.519. The van der Waals surface area contributed by atoms with Crippen LogP contribution in [-0.2, 0) is 26.6 Å². The number of hydrogen-bond donors (Lipinski definition) is 1. The van der Waals surface area contributed by atoms with Gasteiger partial charge in [0.25, 0.3) is 5.91 Å². The molecule has 1 N–H and O–H groups in total. The summed E-state index contributed by atoms with van der Waals surface area (Å²) in [5.41, 5.74) is 4.95. The molecular weight excluding hydrogens is 408 g/mol. The molecule has 10 nitrogen and oxygen atoms in total. The number of aryl methyl sites for hydroxylation is 2. The minimum absolute atomic E-state index is 0.0935. The lowest BCUT2D eigenvalue weighted by Gasteiger charge is -2.27. The molecule has 0 spiro atoms. The van der Waals surface area contributed by atoms with E-state index in [1.54, 1.807) is 19.5 Å². The van der Waals surface area contributed by atoms with Crippen LogP contribution in [0.3, 0.4) is 0 Å². The van der Waals surface area contributed by atoms with E-state index in [1.807, 2.05) is 52.4 Å². The van der Waals surface area contributed by atoms with Crippen molar-refractivity contribution >= 4 is 5.91 Å². The maximum Gasteiger partial charge on any atom is 0.272 e. The molecule has 164 valence electrons. The van der Waals surface area contributed by atoms with Gasteiger partial charge in [-0.05, 0) is 25.1 Å². The fraction of sp³-hybridized carbons (Fsp3) is 0.318. The third-order valence-corrected chi connectivity index (χ3v) is 5.87. The average Bonchev–Trinajstić information content (AvgIpc) is 3.57. The van der Waals surface area contributed by atoms with Gasteiger partial charge in [0.1, 0.15) is 23.5 Å². The number of aromatic nitrogens is 7. The highest BCUT2D eigenvalue weighted by Crippen LogP contribution is 2.30. The molecule has 1 amide bonds. The average molecular weight is 432 g/mol. The molecule has 10 heteroatoms. The Kier molecular flexibility index (Phi) is 4.96. The van der Waals surface area contributed by atoms with Crippen molar-refractivity contribution in [2.75, 3.05) is 13.7 Å². The molecule has 1 aliphatic heterocycles. The van der Waals surface area contributed by atoms with Gasteiger partial charge in [0.05, 0.1) is 19.3 Å². The lowest BCUT2D eigenvalue weighted by Crippen LogP contribution is -2.36. The Hall–Kier alpha value is -3.95. The predicted octanol–water partition coefficient (Wildman–Crippen LogP) is 2.30. The van der Waals surface area contributed by atoms with Crippen LogP contribution in [0, 0.1) is 0 Å². The summed E-state index contributed by atoms with van der Waals surface area (Å²) in [7, 11) is 3.56.